The highest BCUT2D eigenvalue weighted by molar-refractivity contribution is 5.97. The van der Waals surface area contributed by atoms with E-state index in [1.165, 1.54) is 77.0 Å². The lowest BCUT2D eigenvalue weighted by Crippen LogP contribution is -2.61. The number of allylic oxidation sites excluding steroid dienone is 23. The van der Waals surface area contributed by atoms with Crippen molar-refractivity contribution in [1.29, 1.82) is 0 Å². The lowest BCUT2D eigenvalue weighted by Gasteiger charge is -2.43. The molecule has 9 nitrogen and oxygen atoms in total. The van der Waals surface area contributed by atoms with Gasteiger partial charge >= 0.3 is 5.97 Å². The largest absolute Gasteiger partial charge is 0.463 e. The standard InChI is InChI=1S/C64H98O9/c1-12-13-14-15-16-17-18-19-20-21-22-23-24-25-26-40-58(67)71-47-56-59(68)60(69)61(70)62(72-56)73-64(10,11)57(66)44-42-52(6)39-31-37-50(4)36-29-34-48(2)32-27-28-33-49(3)35-30-38-51(5)41-43-54-53(7)55(65)45-46-63(54,8)9/h27-39,41-44,56-57,59-62,66,68-70H,12-26,40,45-47H2,1-11H3/b28-27+,34-29+,35-30+,37-31+,43-41+,44-42+,48-32+,49-33+,50-36+,51-38+,52-39+/t56-,57+,59-,60+,61-,62+/m1/s1. The second-order valence-corrected chi connectivity index (χ2v) is 21.6. The van der Waals surface area contributed by atoms with Crippen LogP contribution < -0.4 is 0 Å². The first-order valence-corrected chi connectivity index (χ1v) is 27.6. The number of hydrogen-bond donors (Lipinski definition) is 4. The zero-order valence-corrected chi connectivity index (χ0v) is 47.0. The fraction of sp³-hybridized carbons (Fsp3) is 0.594. The van der Waals surface area contributed by atoms with Gasteiger partial charge in [-0.15, -0.1) is 0 Å². The molecule has 408 valence electrons. The first-order chi connectivity index (χ1) is 34.7. The molecule has 1 heterocycles. The van der Waals surface area contributed by atoms with Gasteiger partial charge < -0.3 is 34.6 Å². The number of hydrogen-bond acceptors (Lipinski definition) is 9. The molecule has 0 saturated carbocycles. The third kappa shape index (κ3) is 27.2. The van der Waals surface area contributed by atoms with Crippen LogP contribution >= 0.6 is 0 Å². The Morgan fingerprint density at radius 1 is 0.658 bits per heavy atom. The first kappa shape index (κ1) is 64.9. The molecule has 0 radical (unpaired) electrons. The number of Topliss-reactive ketones (excluding diaryl/α,β-unsaturated/α-hetero) is 1. The Kier molecular flexibility index (Phi) is 31.9. The van der Waals surface area contributed by atoms with Crippen LogP contribution in [0.2, 0.25) is 0 Å². The summed E-state index contributed by atoms with van der Waals surface area (Å²) in [5, 5.41) is 43.1. The van der Waals surface area contributed by atoms with Crippen LogP contribution in [0.3, 0.4) is 0 Å². The molecular weight excluding hydrogens is 913 g/mol. The lowest BCUT2D eigenvalue weighted by molar-refractivity contribution is -0.329. The lowest BCUT2D eigenvalue weighted by atomic mass is 9.72. The second kappa shape index (κ2) is 35.9. The summed E-state index contributed by atoms with van der Waals surface area (Å²) in [6.07, 6.45) is 45.8. The molecule has 0 aromatic carbocycles. The van der Waals surface area contributed by atoms with Crippen molar-refractivity contribution in [3.05, 3.63) is 142 Å². The summed E-state index contributed by atoms with van der Waals surface area (Å²) in [6.45, 7) is 21.7. The van der Waals surface area contributed by atoms with E-state index in [1.807, 2.05) is 75.5 Å². The molecular formula is C64H98O9. The van der Waals surface area contributed by atoms with Gasteiger partial charge in [0.2, 0.25) is 0 Å². The molecule has 6 atom stereocenters. The van der Waals surface area contributed by atoms with E-state index < -0.39 is 48.4 Å². The van der Waals surface area contributed by atoms with Crippen LogP contribution in [0.25, 0.3) is 0 Å². The van der Waals surface area contributed by atoms with E-state index in [0.29, 0.717) is 6.42 Å². The average molecular weight is 1010 g/mol. The summed E-state index contributed by atoms with van der Waals surface area (Å²) >= 11 is 0. The molecule has 1 saturated heterocycles. The van der Waals surface area contributed by atoms with Crippen LogP contribution in [0, 0.1) is 5.41 Å². The van der Waals surface area contributed by atoms with Crippen molar-refractivity contribution in [2.45, 2.75) is 234 Å². The van der Waals surface area contributed by atoms with Gasteiger partial charge in [-0.1, -0.05) is 242 Å². The Hall–Kier alpha value is -4.22. The monoisotopic (exact) mass is 1010 g/mol. The number of rotatable bonds is 33. The average Bonchev–Trinajstić information content (AvgIpc) is 3.34. The van der Waals surface area contributed by atoms with E-state index >= 15 is 0 Å². The van der Waals surface area contributed by atoms with E-state index in [-0.39, 0.29) is 24.2 Å². The highest BCUT2D eigenvalue weighted by atomic mass is 16.7. The normalized spacial score (nSPS) is 22.8. The number of ketones is 1. The molecule has 9 heteroatoms. The van der Waals surface area contributed by atoms with Crippen LogP contribution in [-0.4, -0.2) is 81.2 Å². The van der Waals surface area contributed by atoms with E-state index in [2.05, 4.69) is 78.0 Å². The zero-order chi connectivity index (χ0) is 54.2. The van der Waals surface area contributed by atoms with Gasteiger partial charge in [-0.2, -0.15) is 0 Å². The van der Waals surface area contributed by atoms with Gasteiger partial charge in [0.1, 0.15) is 37.1 Å². The molecule has 0 spiro atoms. The summed E-state index contributed by atoms with van der Waals surface area (Å²) in [7, 11) is 0. The van der Waals surface area contributed by atoms with Gasteiger partial charge in [0.15, 0.2) is 12.1 Å². The van der Waals surface area contributed by atoms with E-state index in [4.69, 9.17) is 14.2 Å². The van der Waals surface area contributed by atoms with Crippen molar-refractivity contribution in [1.82, 2.24) is 0 Å². The fourth-order valence-corrected chi connectivity index (χ4v) is 8.60. The van der Waals surface area contributed by atoms with E-state index in [1.54, 1.807) is 26.0 Å². The van der Waals surface area contributed by atoms with Gasteiger partial charge in [0, 0.05) is 12.8 Å². The summed E-state index contributed by atoms with van der Waals surface area (Å²) < 4.78 is 17.2. The molecule has 1 fully saturated rings. The molecule has 2 rings (SSSR count). The van der Waals surface area contributed by atoms with Gasteiger partial charge in [0.25, 0.3) is 0 Å². The third-order valence-electron chi connectivity index (χ3n) is 13.8. The Morgan fingerprint density at radius 2 is 1.10 bits per heavy atom. The summed E-state index contributed by atoms with van der Waals surface area (Å²) in [6, 6.07) is 0. The summed E-state index contributed by atoms with van der Waals surface area (Å²) in [5.41, 5.74) is 6.06. The predicted octanol–water partition coefficient (Wildman–Crippen LogP) is 14.5. The number of aliphatic hydroxyl groups excluding tert-OH is 4. The maximum Gasteiger partial charge on any atom is 0.305 e. The molecule has 0 aromatic rings. The predicted molar refractivity (Wildman–Crippen MR) is 303 cm³/mol. The van der Waals surface area contributed by atoms with Crippen LogP contribution in [-0.2, 0) is 23.8 Å². The maximum absolute atomic E-state index is 12.5. The number of ether oxygens (including phenoxy) is 3. The number of carbonyl (C=O) groups is 2. The van der Waals surface area contributed by atoms with Crippen molar-refractivity contribution in [2.75, 3.05) is 6.61 Å². The molecule has 0 unspecified atom stereocenters. The third-order valence-corrected chi connectivity index (χ3v) is 13.8. The number of esters is 1. The quantitative estimate of drug-likeness (QED) is 0.0287. The van der Waals surface area contributed by atoms with Crippen molar-refractivity contribution in [2.24, 2.45) is 5.41 Å². The Morgan fingerprint density at radius 3 is 1.59 bits per heavy atom. The molecule has 4 N–H and O–H groups in total. The molecule has 1 aliphatic carbocycles. The molecule has 1 aliphatic heterocycles. The van der Waals surface area contributed by atoms with Gasteiger partial charge in [-0.05, 0) is 84.8 Å². The topological polar surface area (TPSA) is 143 Å². The number of aliphatic hydroxyl groups is 4. The van der Waals surface area contributed by atoms with Crippen molar-refractivity contribution in [3.63, 3.8) is 0 Å². The maximum atomic E-state index is 12.5. The van der Waals surface area contributed by atoms with Crippen LogP contribution in [0.4, 0.5) is 0 Å². The second-order valence-electron chi connectivity index (χ2n) is 21.6. The minimum Gasteiger partial charge on any atom is -0.463 e. The molecule has 0 amide bonds. The van der Waals surface area contributed by atoms with Crippen molar-refractivity contribution in [3.8, 4) is 0 Å². The van der Waals surface area contributed by atoms with Crippen LogP contribution in [0.1, 0.15) is 192 Å². The first-order valence-electron chi connectivity index (χ1n) is 27.6. The summed E-state index contributed by atoms with van der Waals surface area (Å²) in [4.78, 5) is 24.8. The zero-order valence-electron chi connectivity index (χ0n) is 47.0. The molecule has 2 aliphatic rings. The smallest absolute Gasteiger partial charge is 0.305 e. The van der Waals surface area contributed by atoms with Gasteiger partial charge in [-0.3, -0.25) is 9.59 Å². The van der Waals surface area contributed by atoms with Crippen LogP contribution in [0.15, 0.2) is 142 Å². The van der Waals surface area contributed by atoms with Gasteiger partial charge in [-0.25, -0.2) is 0 Å². The Bertz CT molecular complexity index is 2040. The van der Waals surface area contributed by atoms with Gasteiger partial charge in [0.05, 0.1) is 5.60 Å². The highest BCUT2D eigenvalue weighted by Crippen LogP contribution is 2.39. The molecule has 73 heavy (non-hydrogen) atoms. The highest BCUT2D eigenvalue weighted by Gasteiger charge is 2.47. The Balaban J connectivity index is 1.77. The van der Waals surface area contributed by atoms with E-state index in [0.717, 1.165) is 64.7 Å². The molecule has 0 bridgehead atoms. The van der Waals surface area contributed by atoms with Crippen LogP contribution in [0.5, 0.6) is 0 Å². The SMILES string of the molecule is CCCCCCCCCCCCCCCCCC(=O)OC[C@H]1O[C@@H](OC(C)(C)[C@@H](O)/C=C/C(C)=C/C=C/C(C)=C/C=C/C(C)=C/C=C/C=C(C)/C=C/C=C(C)/C=C/C2=C(C)C(=O)CCC2(C)C)[C@H](O)[C@@H](O)[C@@H]1O. The van der Waals surface area contributed by atoms with Crippen molar-refractivity contribution < 1.29 is 44.2 Å². The Labute approximate surface area is 442 Å². The number of carbonyl (C=O) groups excluding carboxylic acids is 2. The minimum absolute atomic E-state index is 0.0106. The summed E-state index contributed by atoms with van der Waals surface area (Å²) in [5.74, 6) is -0.154. The fourth-order valence-electron chi connectivity index (χ4n) is 8.60. The van der Waals surface area contributed by atoms with E-state index in [9.17, 15) is 30.0 Å². The molecule has 0 aromatic heterocycles. The van der Waals surface area contributed by atoms with Crippen molar-refractivity contribution >= 4 is 11.8 Å². The number of unbranched alkanes of at least 4 members (excludes halogenated alkanes) is 14. The minimum atomic E-state index is -1.61.